The minimum absolute atomic E-state index is 0.0426. The van der Waals surface area contributed by atoms with E-state index in [9.17, 15) is 13.2 Å². The molecule has 9 nitrogen and oxygen atoms in total. The number of aryl methyl sites for hydroxylation is 1. The van der Waals surface area contributed by atoms with Gasteiger partial charge in [-0.25, -0.2) is 22.8 Å². The second-order valence-electron chi connectivity index (χ2n) is 9.61. The Morgan fingerprint density at radius 3 is 2.54 bits per heavy atom. The number of nitrogens with one attached hydrogen (secondary N) is 1. The Bertz CT molecular complexity index is 1340. The van der Waals surface area contributed by atoms with Crippen molar-refractivity contribution in [1.82, 2.24) is 19.5 Å². The fraction of sp³-hybridized carbons (Fsp3) is 0.480. The van der Waals surface area contributed by atoms with Gasteiger partial charge >= 0.3 is 0 Å². The summed E-state index contributed by atoms with van der Waals surface area (Å²) in [4.78, 5) is 19.8. The van der Waals surface area contributed by atoms with Crippen LogP contribution in [0.5, 0.6) is 0 Å². The Balaban J connectivity index is 1.92. The molecule has 1 N–H and O–H groups in total. The Hall–Kier alpha value is -2.98. The van der Waals surface area contributed by atoms with Crippen LogP contribution in [0.4, 0.5) is 5.69 Å². The fourth-order valence-corrected chi connectivity index (χ4v) is 5.07. The summed E-state index contributed by atoms with van der Waals surface area (Å²) in [5.41, 5.74) is 4.23. The monoisotopic (exact) mass is 499 g/mol. The lowest BCUT2D eigenvalue weighted by atomic mass is 9.96. The van der Waals surface area contributed by atoms with Gasteiger partial charge < -0.3 is 9.64 Å². The van der Waals surface area contributed by atoms with Gasteiger partial charge in [0.05, 0.1) is 28.7 Å². The van der Waals surface area contributed by atoms with Crippen molar-refractivity contribution in [3.8, 4) is 5.69 Å². The highest BCUT2D eigenvalue weighted by Gasteiger charge is 2.28. The molecule has 0 radical (unpaired) electrons. The molecule has 0 atom stereocenters. The lowest BCUT2D eigenvalue weighted by Crippen LogP contribution is -2.36. The molecule has 1 aromatic carbocycles. The second kappa shape index (κ2) is 9.94. The number of nitrogens with zero attached hydrogens (tertiary/aromatic N) is 4. The van der Waals surface area contributed by atoms with Gasteiger partial charge in [-0.3, -0.25) is 4.79 Å². The van der Waals surface area contributed by atoms with Crippen molar-refractivity contribution in [2.75, 3.05) is 38.0 Å². The number of methoxy groups -OCH3 is 1. The number of sulfonamides is 1. The summed E-state index contributed by atoms with van der Waals surface area (Å²) in [6, 6.07) is 9.62. The van der Waals surface area contributed by atoms with Gasteiger partial charge in [0.15, 0.2) is 5.65 Å². The molecular formula is C25H33N5O4S. The van der Waals surface area contributed by atoms with E-state index in [1.54, 1.807) is 17.9 Å². The van der Waals surface area contributed by atoms with E-state index in [0.29, 0.717) is 11.6 Å². The minimum atomic E-state index is -3.74. The molecule has 35 heavy (non-hydrogen) atoms. The second-order valence-corrected chi connectivity index (χ2v) is 11.4. The number of fused-ring (bicyclic) bond motifs is 1. The number of carbonyl (C=O) groups is 1. The van der Waals surface area contributed by atoms with Crippen molar-refractivity contribution in [3.05, 3.63) is 47.3 Å². The predicted octanol–water partition coefficient (Wildman–Crippen LogP) is 3.40. The average molecular weight is 500 g/mol. The lowest BCUT2D eigenvalue weighted by molar-refractivity contribution is 0.0977. The highest BCUT2D eigenvalue weighted by Crippen LogP contribution is 2.36. The van der Waals surface area contributed by atoms with Crippen LogP contribution in [0.25, 0.3) is 16.7 Å². The zero-order chi connectivity index (χ0) is 25.3. The molecule has 2 aromatic heterocycles. The van der Waals surface area contributed by atoms with E-state index in [1.165, 1.54) is 0 Å². The minimum Gasteiger partial charge on any atom is -0.384 e. The number of amides is 1. The third-order valence-electron chi connectivity index (χ3n) is 6.31. The first-order valence-corrected chi connectivity index (χ1v) is 13.7. The number of aromatic nitrogens is 3. The first kappa shape index (κ1) is 25.1. The van der Waals surface area contributed by atoms with Crippen molar-refractivity contribution in [3.63, 3.8) is 0 Å². The van der Waals surface area contributed by atoms with E-state index in [2.05, 4.69) is 28.5 Å². The van der Waals surface area contributed by atoms with Gasteiger partial charge in [0, 0.05) is 26.8 Å². The van der Waals surface area contributed by atoms with Crippen LogP contribution in [-0.2, 0) is 14.8 Å². The number of benzene rings is 1. The maximum absolute atomic E-state index is 12.9. The zero-order valence-electron chi connectivity index (χ0n) is 20.9. The maximum Gasteiger partial charge on any atom is 0.283 e. The van der Waals surface area contributed by atoms with E-state index in [4.69, 9.17) is 9.84 Å². The number of pyridine rings is 1. The summed E-state index contributed by atoms with van der Waals surface area (Å²) in [5.74, 6) is -0.153. The van der Waals surface area contributed by atoms with E-state index < -0.39 is 15.9 Å². The smallest absolute Gasteiger partial charge is 0.283 e. The topological polar surface area (TPSA) is 106 Å². The molecule has 188 valence electrons. The van der Waals surface area contributed by atoms with Crippen LogP contribution in [0.1, 0.15) is 54.4 Å². The number of hydrogen-bond acceptors (Lipinski definition) is 7. The molecule has 0 bridgehead atoms. The molecule has 1 aliphatic rings. The van der Waals surface area contributed by atoms with Gasteiger partial charge in [-0.15, -0.1) is 0 Å². The van der Waals surface area contributed by atoms with Crippen LogP contribution < -0.4 is 9.62 Å². The van der Waals surface area contributed by atoms with Gasteiger partial charge in [0.25, 0.3) is 5.91 Å². The molecule has 3 aromatic rings. The summed E-state index contributed by atoms with van der Waals surface area (Å²) >= 11 is 0. The fourth-order valence-electron chi connectivity index (χ4n) is 4.63. The van der Waals surface area contributed by atoms with Gasteiger partial charge in [0.2, 0.25) is 10.0 Å². The summed E-state index contributed by atoms with van der Waals surface area (Å²) in [7, 11) is -2.02. The Morgan fingerprint density at radius 1 is 1.23 bits per heavy atom. The third kappa shape index (κ3) is 5.48. The van der Waals surface area contributed by atoms with E-state index >= 15 is 0 Å². The third-order valence-corrected chi connectivity index (χ3v) is 6.86. The first-order valence-electron chi connectivity index (χ1n) is 11.8. The number of anilines is 1. The molecule has 1 aliphatic heterocycles. The maximum atomic E-state index is 12.9. The summed E-state index contributed by atoms with van der Waals surface area (Å²) < 4.78 is 32.7. The van der Waals surface area contributed by atoms with Gasteiger partial charge in [0.1, 0.15) is 5.69 Å². The first-order chi connectivity index (χ1) is 16.6. The van der Waals surface area contributed by atoms with Crippen molar-refractivity contribution < 1.29 is 17.9 Å². The quantitative estimate of drug-likeness (QED) is 0.531. The highest BCUT2D eigenvalue weighted by atomic mass is 32.2. The summed E-state index contributed by atoms with van der Waals surface area (Å²) in [6.07, 6.45) is 2.88. The molecule has 3 heterocycles. The SMILES string of the molecule is COCC1CCN(c2cc(C(=O)NS(C)(=O)=O)nc3c2c(C(C)C)nn3-c2cccc(C)c2)CC1. The predicted molar refractivity (Wildman–Crippen MR) is 137 cm³/mol. The van der Waals surface area contributed by atoms with Crippen LogP contribution in [0, 0.1) is 12.8 Å². The van der Waals surface area contributed by atoms with Crippen LogP contribution in [0.3, 0.4) is 0 Å². The van der Waals surface area contributed by atoms with E-state index in [1.807, 2.05) is 31.2 Å². The number of carbonyl (C=O) groups excluding carboxylic acids is 1. The van der Waals surface area contributed by atoms with Crippen LogP contribution in [0.2, 0.25) is 0 Å². The van der Waals surface area contributed by atoms with Crippen molar-refractivity contribution in [1.29, 1.82) is 0 Å². The van der Waals surface area contributed by atoms with Gasteiger partial charge in [-0.1, -0.05) is 26.0 Å². The van der Waals surface area contributed by atoms with E-state index in [-0.39, 0.29) is 11.6 Å². The molecular weight excluding hydrogens is 466 g/mol. The molecule has 0 spiro atoms. The van der Waals surface area contributed by atoms with Crippen LogP contribution in [0.15, 0.2) is 30.3 Å². The molecule has 0 saturated carbocycles. The van der Waals surface area contributed by atoms with E-state index in [0.717, 1.165) is 66.8 Å². The normalized spacial score (nSPS) is 15.2. The van der Waals surface area contributed by atoms with Gasteiger partial charge in [-0.2, -0.15) is 5.10 Å². The highest BCUT2D eigenvalue weighted by molar-refractivity contribution is 7.89. The summed E-state index contributed by atoms with van der Waals surface area (Å²) in [6.45, 7) is 8.50. The Labute approximate surface area is 206 Å². The van der Waals surface area contributed by atoms with Gasteiger partial charge in [-0.05, 0) is 55.4 Å². The number of ether oxygens (including phenoxy) is 1. The molecule has 1 fully saturated rings. The average Bonchev–Trinajstić information content (AvgIpc) is 3.18. The molecule has 0 aliphatic carbocycles. The zero-order valence-corrected chi connectivity index (χ0v) is 21.7. The van der Waals surface area contributed by atoms with Crippen molar-refractivity contribution in [2.24, 2.45) is 5.92 Å². The number of hydrogen-bond donors (Lipinski definition) is 1. The number of piperidine rings is 1. The molecule has 10 heteroatoms. The number of rotatable bonds is 7. The van der Waals surface area contributed by atoms with Crippen LogP contribution >= 0.6 is 0 Å². The Morgan fingerprint density at radius 2 is 1.94 bits per heavy atom. The summed E-state index contributed by atoms with van der Waals surface area (Å²) in [5, 5.41) is 5.82. The standard InChI is InChI=1S/C25H33N5O4S/c1-16(2)23-22-21(29-11-9-18(10-12-29)15-34-4)14-20(25(31)28-35(5,32)33)26-24(22)30(27-23)19-8-6-7-17(3)13-19/h6-8,13-14,16,18H,9-12,15H2,1-5H3,(H,28,31). The molecule has 4 rings (SSSR count). The largest absolute Gasteiger partial charge is 0.384 e. The lowest BCUT2D eigenvalue weighted by Gasteiger charge is -2.34. The van der Waals surface area contributed by atoms with Crippen LogP contribution in [-0.4, -0.2) is 62.2 Å². The Kier molecular flexibility index (Phi) is 7.14. The molecule has 0 unspecified atom stereocenters. The molecule has 1 saturated heterocycles. The molecule has 1 amide bonds. The van der Waals surface area contributed by atoms with Crippen molar-refractivity contribution >= 4 is 32.7 Å². The van der Waals surface area contributed by atoms with Crippen molar-refractivity contribution in [2.45, 2.75) is 39.5 Å².